The maximum atomic E-state index is 13.5. The summed E-state index contributed by atoms with van der Waals surface area (Å²) >= 11 is 0. The molecule has 1 fully saturated rings. The minimum atomic E-state index is -0.368. The lowest BCUT2D eigenvalue weighted by molar-refractivity contribution is -0.141. The highest BCUT2D eigenvalue weighted by Crippen LogP contribution is 2.31. The van der Waals surface area contributed by atoms with Crippen LogP contribution in [-0.4, -0.2) is 50.0 Å². The van der Waals surface area contributed by atoms with Gasteiger partial charge in [-0.2, -0.15) is 10.1 Å². The number of halogens is 1. The maximum absolute atomic E-state index is 13.5. The van der Waals surface area contributed by atoms with E-state index >= 15 is 0 Å². The molecule has 9 heteroatoms. The van der Waals surface area contributed by atoms with Gasteiger partial charge in [0.15, 0.2) is 5.69 Å². The number of hydrogen-bond donors (Lipinski definition) is 0. The Morgan fingerprint density at radius 2 is 2.24 bits per heavy atom. The molecule has 0 N–H and O–H groups in total. The number of carbonyl (C=O) groups is 1. The quantitative estimate of drug-likeness (QED) is 0.674. The van der Waals surface area contributed by atoms with Gasteiger partial charge in [-0.25, -0.2) is 4.39 Å². The Hall–Kier alpha value is -3.07. The van der Waals surface area contributed by atoms with Crippen molar-refractivity contribution in [3.05, 3.63) is 41.3 Å². The molecule has 0 spiro atoms. The highest BCUT2D eigenvalue weighted by Gasteiger charge is 2.33. The van der Waals surface area contributed by atoms with Crippen LogP contribution in [0.2, 0.25) is 0 Å². The van der Waals surface area contributed by atoms with Gasteiger partial charge in [0.25, 0.3) is 11.8 Å². The maximum Gasteiger partial charge on any atom is 0.279 e. The van der Waals surface area contributed by atoms with Gasteiger partial charge in [-0.05, 0) is 25.0 Å². The zero-order valence-corrected chi connectivity index (χ0v) is 16.0. The number of ether oxygens (including phenoxy) is 1. The van der Waals surface area contributed by atoms with E-state index in [1.165, 1.54) is 12.1 Å². The summed E-state index contributed by atoms with van der Waals surface area (Å²) in [6.45, 7) is 1.69. The summed E-state index contributed by atoms with van der Waals surface area (Å²) in [7, 11) is 1.86. The fourth-order valence-electron chi connectivity index (χ4n) is 3.99. The smallest absolute Gasteiger partial charge is 0.279 e. The van der Waals surface area contributed by atoms with Gasteiger partial charge in [0.05, 0.1) is 0 Å². The van der Waals surface area contributed by atoms with Crippen molar-refractivity contribution in [2.45, 2.75) is 31.9 Å². The van der Waals surface area contributed by atoms with Gasteiger partial charge < -0.3 is 14.2 Å². The summed E-state index contributed by atoms with van der Waals surface area (Å²) in [4.78, 5) is 19.0. The van der Waals surface area contributed by atoms with Gasteiger partial charge in [-0.3, -0.25) is 9.48 Å². The number of fused-ring (bicyclic) bond motifs is 1. The number of aryl methyl sites for hydroxylation is 1. The Kier molecular flexibility index (Phi) is 4.39. The molecule has 5 rings (SSSR count). The molecule has 0 unspecified atom stereocenters. The molecule has 1 aromatic carbocycles. The van der Waals surface area contributed by atoms with Crippen molar-refractivity contribution in [3.63, 3.8) is 0 Å². The number of hydrogen-bond acceptors (Lipinski definition) is 6. The van der Waals surface area contributed by atoms with Gasteiger partial charge in [0, 0.05) is 50.0 Å². The van der Waals surface area contributed by atoms with Crippen LogP contribution in [0, 0.1) is 5.82 Å². The number of amides is 1. The van der Waals surface area contributed by atoms with Crippen molar-refractivity contribution in [2.75, 3.05) is 13.2 Å². The third-order valence-corrected chi connectivity index (χ3v) is 5.47. The number of carbonyl (C=O) groups excluding carboxylic acids is 1. The summed E-state index contributed by atoms with van der Waals surface area (Å²) in [6.07, 6.45) is 2.03. The van der Waals surface area contributed by atoms with Gasteiger partial charge >= 0.3 is 0 Å². The molecule has 150 valence electrons. The minimum absolute atomic E-state index is 0.0222. The molecule has 1 saturated heterocycles. The molecular weight excluding hydrogens is 377 g/mol. The fourth-order valence-corrected chi connectivity index (χ4v) is 3.99. The van der Waals surface area contributed by atoms with Crippen molar-refractivity contribution in [3.8, 4) is 23.0 Å². The van der Waals surface area contributed by atoms with E-state index in [9.17, 15) is 9.18 Å². The Balaban J connectivity index is 1.45. The van der Waals surface area contributed by atoms with Gasteiger partial charge in [0.1, 0.15) is 11.9 Å². The van der Waals surface area contributed by atoms with E-state index in [1.54, 1.807) is 16.8 Å². The van der Waals surface area contributed by atoms with Crippen LogP contribution in [0.4, 0.5) is 4.39 Å². The molecule has 2 aliphatic heterocycles. The van der Waals surface area contributed by atoms with Gasteiger partial charge in [-0.15, -0.1) is 0 Å². The van der Waals surface area contributed by atoms with Gasteiger partial charge in [0.2, 0.25) is 5.82 Å². The zero-order valence-electron chi connectivity index (χ0n) is 16.0. The summed E-state index contributed by atoms with van der Waals surface area (Å²) in [5.41, 5.74) is 3.03. The summed E-state index contributed by atoms with van der Waals surface area (Å²) in [6, 6.07) is 6.02. The molecule has 29 heavy (non-hydrogen) atoms. The van der Waals surface area contributed by atoms with Crippen LogP contribution in [0.25, 0.3) is 23.0 Å². The van der Waals surface area contributed by atoms with Crippen LogP contribution < -0.4 is 0 Å². The van der Waals surface area contributed by atoms with Crippen molar-refractivity contribution >= 4 is 5.91 Å². The topological polar surface area (TPSA) is 86.3 Å². The summed E-state index contributed by atoms with van der Waals surface area (Å²) in [5, 5.41) is 8.53. The first-order chi connectivity index (χ1) is 14.1. The molecule has 0 bridgehead atoms. The Bertz CT molecular complexity index is 1070. The SMILES string of the molecule is Cn1nc(-c2nc(-c3cccc(F)c3)no2)c2c1CCN(C(=O)[C@H]1CCCO1)C2. The lowest BCUT2D eigenvalue weighted by Crippen LogP contribution is -2.42. The highest BCUT2D eigenvalue weighted by atomic mass is 19.1. The number of rotatable bonds is 3. The molecule has 4 heterocycles. The van der Waals surface area contributed by atoms with E-state index in [0.717, 1.165) is 24.1 Å². The molecule has 1 atom stereocenters. The number of aromatic nitrogens is 4. The first kappa shape index (κ1) is 18.0. The van der Waals surface area contributed by atoms with Crippen LogP contribution in [-0.2, 0) is 29.5 Å². The van der Waals surface area contributed by atoms with Crippen LogP contribution >= 0.6 is 0 Å². The molecule has 3 aromatic rings. The second kappa shape index (κ2) is 7.07. The van der Waals surface area contributed by atoms with Crippen LogP contribution in [0.3, 0.4) is 0 Å². The first-order valence-corrected chi connectivity index (χ1v) is 9.65. The van der Waals surface area contributed by atoms with E-state index in [2.05, 4.69) is 15.2 Å². The second-order valence-corrected chi connectivity index (χ2v) is 7.34. The molecule has 8 nitrogen and oxygen atoms in total. The van der Waals surface area contributed by atoms with Crippen LogP contribution in [0.15, 0.2) is 28.8 Å². The Morgan fingerprint density at radius 1 is 1.34 bits per heavy atom. The predicted octanol–water partition coefficient (Wildman–Crippen LogP) is 2.34. The molecule has 1 amide bonds. The van der Waals surface area contributed by atoms with Crippen molar-refractivity contribution in [1.82, 2.24) is 24.8 Å². The Labute approximate surface area is 166 Å². The van der Waals surface area contributed by atoms with E-state index in [-0.39, 0.29) is 23.7 Å². The average molecular weight is 397 g/mol. The Morgan fingerprint density at radius 3 is 3.03 bits per heavy atom. The number of benzene rings is 1. The second-order valence-electron chi connectivity index (χ2n) is 7.34. The first-order valence-electron chi connectivity index (χ1n) is 9.65. The van der Waals surface area contributed by atoms with Crippen molar-refractivity contribution in [1.29, 1.82) is 0 Å². The van der Waals surface area contributed by atoms with E-state index < -0.39 is 0 Å². The molecule has 0 radical (unpaired) electrons. The van der Waals surface area contributed by atoms with E-state index in [0.29, 0.717) is 43.2 Å². The largest absolute Gasteiger partial charge is 0.368 e. The van der Waals surface area contributed by atoms with Gasteiger partial charge in [-0.1, -0.05) is 17.3 Å². The van der Waals surface area contributed by atoms with Crippen molar-refractivity contribution in [2.24, 2.45) is 7.05 Å². The fraction of sp³-hybridized carbons (Fsp3) is 0.400. The lowest BCUT2D eigenvalue weighted by atomic mass is 10.0. The predicted molar refractivity (Wildman–Crippen MR) is 100.0 cm³/mol. The third-order valence-electron chi connectivity index (χ3n) is 5.47. The molecule has 0 aliphatic carbocycles. The molecule has 2 aliphatic rings. The standard InChI is InChI=1S/C20H20FN5O3/c1-25-15-7-8-26(20(27)16-6-3-9-28-16)11-14(15)17(23-25)19-22-18(24-29-19)12-4-2-5-13(21)10-12/h2,4-5,10,16H,3,6-9,11H2,1H3/t16-/m1/s1. The molecular formula is C20H20FN5O3. The number of nitrogens with zero attached hydrogens (tertiary/aromatic N) is 5. The zero-order chi connectivity index (χ0) is 20.0. The summed E-state index contributed by atoms with van der Waals surface area (Å²) < 4.78 is 26.3. The van der Waals surface area contributed by atoms with Crippen LogP contribution in [0.1, 0.15) is 24.1 Å². The minimum Gasteiger partial charge on any atom is -0.368 e. The molecule has 0 saturated carbocycles. The normalized spacial score (nSPS) is 18.8. The van der Waals surface area contributed by atoms with E-state index in [1.807, 2.05) is 11.9 Å². The van der Waals surface area contributed by atoms with Crippen LogP contribution in [0.5, 0.6) is 0 Å². The van der Waals surface area contributed by atoms with E-state index in [4.69, 9.17) is 9.26 Å². The lowest BCUT2D eigenvalue weighted by Gasteiger charge is -2.29. The third kappa shape index (κ3) is 3.21. The highest BCUT2D eigenvalue weighted by molar-refractivity contribution is 5.81. The average Bonchev–Trinajstić information content (AvgIpc) is 3.48. The summed E-state index contributed by atoms with van der Waals surface area (Å²) in [5.74, 6) is 0.204. The monoisotopic (exact) mass is 397 g/mol. The molecule has 2 aromatic heterocycles. The van der Waals surface area contributed by atoms with Crippen molar-refractivity contribution < 1.29 is 18.4 Å².